The van der Waals surface area contributed by atoms with Crippen LogP contribution in [0, 0.1) is 13.8 Å². The van der Waals surface area contributed by atoms with E-state index in [4.69, 9.17) is 4.52 Å². The number of aromatic nitrogens is 2. The van der Waals surface area contributed by atoms with E-state index in [9.17, 15) is 8.42 Å². The van der Waals surface area contributed by atoms with Crippen molar-refractivity contribution in [3.05, 3.63) is 33.6 Å². The highest BCUT2D eigenvalue weighted by Gasteiger charge is 2.33. The van der Waals surface area contributed by atoms with E-state index in [1.807, 2.05) is 26.0 Å². The van der Waals surface area contributed by atoms with E-state index in [0.717, 1.165) is 21.2 Å². The van der Waals surface area contributed by atoms with Crippen molar-refractivity contribution in [2.75, 3.05) is 11.5 Å². The molecule has 1 fully saturated rings. The van der Waals surface area contributed by atoms with Gasteiger partial charge in [-0.1, -0.05) is 21.1 Å². The van der Waals surface area contributed by atoms with Crippen LogP contribution in [0.1, 0.15) is 29.4 Å². The highest BCUT2D eigenvalue weighted by molar-refractivity contribution is 9.10. The zero-order chi connectivity index (χ0) is 15.2. The minimum Gasteiger partial charge on any atom is -0.339 e. The van der Waals surface area contributed by atoms with E-state index in [2.05, 4.69) is 26.1 Å². The Labute approximate surface area is 131 Å². The molecule has 1 unspecified atom stereocenters. The third-order valence-electron chi connectivity index (χ3n) is 3.72. The first-order valence-electron chi connectivity index (χ1n) is 6.67. The van der Waals surface area contributed by atoms with Crippen molar-refractivity contribution in [1.82, 2.24) is 10.1 Å². The molecule has 0 bridgehead atoms. The van der Waals surface area contributed by atoms with Crippen molar-refractivity contribution in [2.45, 2.75) is 26.2 Å². The van der Waals surface area contributed by atoms with Gasteiger partial charge in [0.15, 0.2) is 9.84 Å². The highest BCUT2D eigenvalue weighted by Crippen LogP contribution is 2.31. The van der Waals surface area contributed by atoms with E-state index in [1.54, 1.807) is 0 Å². The molecule has 0 N–H and O–H groups in total. The molecule has 1 aliphatic heterocycles. The summed E-state index contributed by atoms with van der Waals surface area (Å²) < 4.78 is 29.4. The van der Waals surface area contributed by atoms with Crippen LogP contribution >= 0.6 is 15.9 Å². The molecule has 0 amide bonds. The minimum absolute atomic E-state index is 0.104. The Morgan fingerprint density at radius 2 is 1.95 bits per heavy atom. The second kappa shape index (κ2) is 5.21. The van der Waals surface area contributed by atoms with Crippen LogP contribution < -0.4 is 0 Å². The molecule has 7 heteroatoms. The van der Waals surface area contributed by atoms with Crippen LogP contribution in [-0.4, -0.2) is 30.1 Å². The van der Waals surface area contributed by atoms with Crippen molar-refractivity contribution in [1.29, 1.82) is 0 Å². The monoisotopic (exact) mass is 370 g/mol. The number of benzene rings is 1. The largest absolute Gasteiger partial charge is 0.339 e. The fourth-order valence-corrected chi connectivity index (χ4v) is 4.54. The number of sulfone groups is 1. The van der Waals surface area contributed by atoms with Crippen LogP contribution in [0.5, 0.6) is 0 Å². The lowest BCUT2D eigenvalue weighted by molar-refractivity contribution is 0.361. The van der Waals surface area contributed by atoms with Crippen LogP contribution in [0.4, 0.5) is 0 Å². The first-order valence-corrected chi connectivity index (χ1v) is 9.28. The standard InChI is InChI=1S/C14H15BrN2O3S/c1-8-5-11(6-9(2)12(8)15)13-16-14(20-17-13)10-3-4-21(18,19)7-10/h5-6,10H,3-4,7H2,1-2H3. The van der Waals surface area contributed by atoms with Gasteiger partial charge in [-0.2, -0.15) is 4.98 Å². The predicted octanol–water partition coefficient (Wildman–Crippen LogP) is 3.02. The van der Waals surface area contributed by atoms with Crippen LogP contribution in [0.3, 0.4) is 0 Å². The topological polar surface area (TPSA) is 73.1 Å². The average Bonchev–Trinajstić information content (AvgIpc) is 3.01. The van der Waals surface area contributed by atoms with Crippen LogP contribution in [-0.2, 0) is 9.84 Å². The molecule has 1 atom stereocenters. The molecule has 1 aliphatic rings. The van der Waals surface area contributed by atoms with Crippen molar-refractivity contribution in [3.63, 3.8) is 0 Å². The molecule has 3 rings (SSSR count). The van der Waals surface area contributed by atoms with Gasteiger partial charge in [0.1, 0.15) is 0 Å². The van der Waals surface area contributed by atoms with E-state index >= 15 is 0 Å². The zero-order valence-electron chi connectivity index (χ0n) is 11.8. The van der Waals surface area contributed by atoms with Gasteiger partial charge in [-0.25, -0.2) is 8.42 Å². The molecular weight excluding hydrogens is 356 g/mol. The van der Waals surface area contributed by atoms with Crippen molar-refractivity contribution >= 4 is 25.8 Å². The summed E-state index contributed by atoms with van der Waals surface area (Å²) in [5, 5.41) is 3.99. The Balaban J connectivity index is 1.92. The number of hydrogen-bond acceptors (Lipinski definition) is 5. The molecule has 2 heterocycles. The lowest BCUT2D eigenvalue weighted by Crippen LogP contribution is -2.04. The maximum Gasteiger partial charge on any atom is 0.231 e. The zero-order valence-corrected chi connectivity index (χ0v) is 14.2. The summed E-state index contributed by atoms with van der Waals surface area (Å²) in [6.45, 7) is 4.01. The summed E-state index contributed by atoms with van der Waals surface area (Å²) in [6, 6.07) is 3.97. The molecule has 112 valence electrons. The van der Waals surface area contributed by atoms with Crippen molar-refractivity contribution < 1.29 is 12.9 Å². The summed E-state index contributed by atoms with van der Waals surface area (Å²) in [7, 11) is -2.95. The van der Waals surface area contributed by atoms with Gasteiger partial charge in [-0.15, -0.1) is 0 Å². The van der Waals surface area contributed by atoms with Gasteiger partial charge in [0, 0.05) is 10.0 Å². The van der Waals surface area contributed by atoms with Gasteiger partial charge < -0.3 is 4.52 Å². The number of rotatable bonds is 2. The molecule has 5 nitrogen and oxygen atoms in total. The smallest absolute Gasteiger partial charge is 0.231 e. The number of halogens is 1. The number of aryl methyl sites for hydroxylation is 2. The van der Waals surface area contributed by atoms with Gasteiger partial charge in [0.05, 0.1) is 17.4 Å². The van der Waals surface area contributed by atoms with E-state index < -0.39 is 9.84 Å². The molecule has 1 saturated heterocycles. The summed E-state index contributed by atoms with van der Waals surface area (Å²) in [5.41, 5.74) is 3.07. The van der Waals surface area contributed by atoms with Crippen molar-refractivity contribution in [2.24, 2.45) is 0 Å². The van der Waals surface area contributed by atoms with E-state index in [-0.39, 0.29) is 17.4 Å². The second-order valence-corrected chi connectivity index (χ2v) is 8.50. The van der Waals surface area contributed by atoms with Gasteiger partial charge in [-0.05, 0) is 43.5 Å². The molecular formula is C14H15BrN2O3S. The summed E-state index contributed by atoms with van der Waals surface area (Å²) in [6.07, 6.45) is 0.558. The molecule has 1 aromatic carbocycles. The Hall–Kier alpha value is -1.21. The Kier molecular flexibility index (Phi) is 3.65. The maximum atomic E-state index is 11.5. The van der Waals surface area contributed by atoms with E-state index in [0.29, 0.717) is 18.1 Å². The van der Waals surface area contributed by atoms with Crippen LogP contribution in [0.15, 0.2) is 21.1 Å². The average molecular weight is 371 g/mol. The highest BCUT2D eigenvalue weighted by atomic mass is 79.9. The quantitative estimate of drug-likeness (QED) is 0.812. The molecule has 0 spiro atoms. The molecule has 0 aliphatic carbocycles. The second-order valence-electron chi connectivity index (χ2n) is 5.48. The predicted molar refractivity (Wildman–Crippen MR) is 82.9 cm³/mol. The molecule has 0 radical (unpaired) electrons. The lowest BCUT2D eigenvalue weighted by atomic mass is 10.1. The lowest BCUT2D eigenvalue weighted by Gasteiger charge is -2.04. The Morgan fingerprint density at radius 1 is 1.29 bits per heavy atom. The Bertz CT molecular complexity index is 775. The molecule has 0 saturated carbocycles. The van der Waals surface area contributed by atoms with Crippen LogP contribution in [0.2, 0.25) is 0 Å². The fraction of sp³-hybridized carbons (Fsp3) is 0.429. The van der Waals surface area contributed by atoms with Gasteiger partial charge in [0.25, 0.3) is 0 Å². The minimum atomic E-state index is -2.95. The normalized spacial score (nSPS) is 20.8. The maximum absolute atomic E-state index is 11.5. The third-order valence-corrected chi connectivity index (χ3v) is 6.74. The first kappa shape index (κ1) is 14.7. The third kappa shape index (κ3) is 2.89. The fourth-order valence-electron chi connectivity index (χ4n) is 2.58. The SMILES string of the molecule is Cc1cc(-c2noc(C3CCS(=O)(=O)C3)n2)cc(C)c1Br. The molecule has 2 aromatic rings. The number of nitrogens with zero attached hydrogens (tertiary/aromatic N) is 2. The van der Waals surface area contributed by atoms with Gasteiger partial charge in [0.2, 0.25) is 11.7 Å². The van der Waals surface area contributed by atoms with Gasteiger partial charge >= 0.3 is 0 Å². The first-order chi connectivity index (χ1) is 9.85. The van der Waals surface area contributed by atoms with Crippen LogP contribution in [0.25, 0.3) is 11.4 Å². The van der Waals surface area contributed by atoms with Gasteiger partial charge in [-0.3, -0.25) is 0 Å². The summed E-state index contributed by atoms with van der Waals surface area (Å²) >= 11 is 3.53. The molecule has 21 heavy (non-hydrogen) atoms. The van der Waals surface area contributed by atoms with Crippen molar-refractivity contribution in [3.8, 4) is 11.4 Å². The summed E-state index contributed by atoms with van der Waals surface area (Å²) in [5.74, 6) is 1.06. The van der Waals surface area contributed by atoms with E-state index in [1.165, 1.54) is 0 Å². The molecule has 1 aromatic heterocycles. The Morgan fingerprint density at radius 3 is 2.52 bits per heavy atom. The number of hydrogen-bond donors (Lipinski definition) is 0. The summed E-state index contributed by atoms with van der Waals surface area (Å²) in [4.78, 5) is 4.38.